The second kappa shape index (κ2) is 6.55. The van der Waals surface area contributed by atoms with Crippen LogP contribution in [-0.2, 0) is 0 Å². The van der Waals surface area contributed by atoms with Gasteiger partial charge in [-0.1, -0.05) is 11.6 Å². The number of piperidine rings is 1. The fourth-order valence-corrected chi connectivity index (χ4v) is 3.67. The van der Waals surface area contributed by atoms with E-state index in [2.05, 4.69) is 16.8 Å². The molecular formula is C17H26ClN3O. The predicted molar refractivity (Wildman–Crippen MR) is 93.0 cm³/mol. The van der Waals surface area contributed by atoms with Crippen molar-refractivity contribution < 1.29 is 4.74 Å². The summed E-state index contributed by atoms with van der Waals surface area (Å²) < 4.78 is 5.32. The molecule has 0 bridgehead atoms. The van der Waals surface area contributed by atoms with Crippen LogP contribution in [-0.4, -0.2) is 44.7 Å². The summed E-state index contributed by atoms with van der Waals surface area (Å²) in [4.78, 5) is 4.91. The highest BCUT2D eigenvalue weighted by atomic mass is 35.5. The standard InChI is InChI=1S/C17H26ClN3O/c1-20(11-12-3-4-12)13-5-7-21(8-6-13)16-10-17(22-2)15(19)9-14(16)18/h9-10,12-13H,3-8,11,19H2,1-2H3. The minimum Gasteiger partial charge on any atom is -0.495 e. The fourth-order valence-electron chi connectivity index (χ4n) is 3.38. The van der Waals surface area contributed by atoms with Crippen molar-refractivity contribution >= 4 is 23.0 Å². The van der Waals surface area contributed by atoms with Crippen molar-refractivity contribution in [1.29, 1.82) is 0 Å². The molecule has 0 atom stereocenters. The lowest BCUT2D eigenvalue weighted by Gasteiger charge is -2.38. The number of halogens is 1. The Labute approximate surface area is 138 Å². The molecule has 2 N–H and O–H groups in total. The van der Waals surface area contributed by atoms with Gasteiger partial charge in [-0.05, 0) is 44.7 Å². The van der Waals surface area contributed by atoms with Gasteiger partial charge < -0.3 is 20.3 Å². The van der Waals surface area contributed by atoms with E-state index in [9.17, 15) is 0 Å². The Bertz CT molecular complexity index is 525. The summed E-state index contributed by atoms with van der Waals surface area (Å²) in [5.41, 5.74) is 7.54. The maximum Gasteiger partial charge on any atom is 0.143 e. The molecule has 0 aromatic heterocycles. The Hall–Kier alpha value is -1.13. The van der Waals surface area contributed by atoms with E-state index in [1.807, 2.05) is 6.07 Å². The van der Waals surface area contributed by atoms with Crippen LogP contribution in [0.4, 0.5) is 11.4 Å². The fraction of sp³-hybridized carbons (Fsp3) is 0.647. The van der Waals surface area contributed by atoms with Gasteiger partial charge in [-0.3, -0.25) is 0 Å². The zero-order chi connectivity index (χ0) is 15.7. The first-order valence-corrected chi connectivity index (χ1v) is 8.54. The van der Waals surface area contributed by atoms with Crippen LogP contribution in [0.1, 0.15) is 25.7 Å². The first-order valence-electron chi connectivity index (χ1n) is 8.16. The average molecular weight is 324 g/mol. The molecule has 4 nitrogen and oxygen atoms in total. The molecule has 1 heterocycles. The molecule has 1 aliphatic heterocycles. The largest absolute Gasteiger partial charge is 0.495 e. The molecule has 5 heteroatoms. The van der Waals surface area contributed by atoms with E-state index in [0.717, 1.165) is 24.7 Å². The van der Waals surface area contributed by atoms with Crippen LogP contribution >= 0.6 is 11.6 Å². The quantitative estimate of drug-likeness (QED) is 0.845. The van der Waals surface area contributed by atoms with Crippen molar-refractivity contribution in [3.8, 4) is 5.75 Å². The number of methoxy groups -OCH3 is 1. The van der Waals surface area contributed by atoms with Gasteiger partial charge in [-0.25, -0.2) is 0 Å². The molecule has 3 rings (SSSR count). The zero-order valence-electron chi connectivity index (χ0n) is 13.5. The Morgan fingerprint density at radius 2 is 1.95 bits per heavy atom. The van der Waals surface area contributed by atoms with E-state index in [0.29, 0.717) is 22.5 Å². The van der Waals surface area contributed by atoms with E-state index in [4.69, 9.17) is 22.1 Å². The molecule has 1 aromatic carbocycles. The van der Waals surface area contributed by atoms with Crippen molar-refractivity contribution in [2.24, 2.45) is 5.92 Å². The van der Waals surface area contributed by atoms with Crippen LogP contribution in [0.5, 0.6) is 5.75 Å². The highest BCUT2D eigenvalue weighted by Gasteiger charge is 2.28. The van der Waals surface area contributed by atoms with Gasteiger partial charge in [-0.15, -0.1) is 0 Å². The average Bonchev–Trinajstić information content (AvgIpc) is 3.31. The van der Waals surface area contributed by atoms with Crippen LogP contribution in [0.25, 0.3) is 0 Å². The molecule has 1 saturated heterocycles. The van der Waals surface area contributed by atoms with Gasteiger partial charge >= 0.3 is 0 Å². The summed E-state index contributed by atoms with van der Waals surface area (Å²) in [6.45, 7) is 3.33. The summed E-state index contributed by atoms with van der Waals surface area (Å²) in [5, 5.41) is 0.711. The Balaban J connectivity index is 1.63. The van der Waals surface area contributed by atoms with Crippen LogP contribution in [0.2, 0.25) is 5.02 Å². The van der Waals surface area contributed by atoms with Crippen LogP contribution in [0.3, 0.4) is 0 Å². The summed E-state index contributed by atoms with van der Waals surface area (Å²) in [7, 11) is 3.92. The van der Waals surface area contributed by atoms with Crippen LogP contribution in [0, 0.1) is 5.92 Å². The number of hydrogen-bond acceptors (Lipinski definition) is 4. The number of anilines is 2. The maximum absolute atomic E-state index is 6.38. The summed E-state index contributed by atoms with van der Waals surface area (Å²) in [5.74, 6) is 1.66. The highest BCUT2D eigenvalue weighted by molar-refractivity contribution is 6.33. The monoisotopic (exact) mass is 323 g/mol. The molecule has 0 radical (unpaired) electrons. The topological polar surface area (TPSA) is 41.7 Å². The highest BCUT2D eigenvalue weighted by Crippen LogP contribution is 2.37. The molecule has 22 heavy (non-hydrogen) atoms. The number of nitrogen functional groups attached to an aromatic ring is 1. The smallest absolute Gasteiger partial charge is 0.143 e. The molecule has 0 amide bonds. The minimum absolute atomic E-state index is 0.593. The van der Waals surface area contributed by atoms with Crippen molar-refractivity contribution in [1.82, 2.24) is 4.90 Å². The van der Waals surface area contributed by atoms with Crippen LogP contribution < -0.4 is 15.4 Å². The van der Waals surface area contributed by atoms with E-state index >= 15 is 0 Å². The van der Waals surface area contributed by atoms with Gasteiger partial charge in [0.05, 0.1) is 23.5 Å². The maximum atomic E-state index is 6.38. The number of nitrogens with two attached hydrogens (primary N) is 1. The van der Waals surface area contributed by atoms with Gasteiger partial charge in [0.2, 0.25) is 0 Å². The number of hydrogen-bond donors (Lipinski definition) is 1. The number of benzene rings is 1. The van der Waals surface area contributed by atoms with Crippen molar-refractivity contribution in [2.75, 3.05) is 44.4 Å². The second-order valence-electron chi connectivity index (χ2n) is 6.65. The van der Waals surface area contributed by atoms with E-state index in [1.54, 1.807) is 13.2 Å². The lowest BCUT2D eigenvalue weighted by atomic mass is 10.0. The SMILES string of the molecule is COc1cc(N2CCC(N(C)CC3CC3)CC2)c(Cl)cc1N. The molecular weight excluding hydrogens is 298 g/mol. The van der Waals surface area contributed by atoms with E-state index in [1.165, 1.54) is 32.2 Å². The number of nitrogens with zero attached hydrogens (tertiary/aromatic N) is 2. The van der Waals surface area contributed by atoms with Gasteiger partial charge in [0.25, 0.3) is 0 Å². The van der Waals surface area contributed by atoms with E-state index < -0.39 is 0 Å². The molecule has 1 saturated carbocycles. The normalized spacial score (nSPS) is 19.7. The van der Waals surface area contributed by atoms with Crippen molar-refractivity contribution in [2.45, 2.75) is 31.7 Å². The van der Waals surface area contributed by atoms with Crippen molar-refractivity contribution in [3.63, 3.8) is 0 Å². The molecule has 122 valence electrons. The minimum atomic E-state index is 0.593. The zero-order valence-corrected chi connectivity index (χ0v) is 14.3. The Morgan fingerprint density at radius 1 is 1.27 bits per heavy atom. The third kappa shape index (κ3) is 3.44. The number of ether oxygens (including phenoxy) is 1. The molecule has 1 aliphatic carbocycles. The lowest BCUT2D eigenvalue weighted by molar-refractivity contribution is 0.200. The third-order valence-electron chi connectivity index (χ3n) is 4.97. The van der Waals surface area contributed by atoms with Crippen molar-refractivity contribution in [3.05, 3.63) is 17.2 Å². The summed E-state index contributed by atoms with van der Waals surface area (Å²) >= 11 is 6.38. The first-order chi connectivity index (χ1) is 10.6. The summed E-state index contributed by atoms with van der Waals surface area (Å²) in [6.07, 6.45) is 5.21. The molecule has 0 spiro atoms. The summed E-state index contributed by atoms with van der Waals surface area (Å²) in [6, 6.07) is 4.46. The lowest BCUT2D eigenvalue weighted by Crippen LogP contribution is -2.44. The van der Waals surface area contributed by atoms with Crippen LogP contribution in [0.15, 0.2) is 12.1 Å². The predicted octanol–water partition coefficient (Wildman–Crippen LogP) is 3.24. The Morgan fingerprint density at radius 3 is 2.55 bits per heavy atom. The molecule has 2 aliphatic rings. The van der Waals surface area contributed by atoms with E-state index in [-0.39, 0.29) is 0 Å². The van der Waals surface area contributed by atoms with Gasteiger partial charge in [0.1, 0.15) is 5.75 Å². The van der Waals surface area contributed by atoms with Gasteiger partial charge in [0, 0.05) is 31.7 Å². The van der Waals surface area contributed by atoms with Gasteiger partial charge in [-0.2, -0.15) is 0 Å². The first kappa shape index (κ1) is 15.8. The number of rotatable bonds is 5. The third-order valence-corrected chi connectivity index (χ3v) is 5.27. The second-order valence-corrected chi connectivity index (χ2v) is 7.05. The molecule has 2 fully saturated rings. The van der Waals surface area contributed by atoms with Gasteiger partial charge in [0.15, 0.2) is 0 Å². The molecule has 1 aromatic rings. The Kier molecular flexibility index (Phi) is 4.69. The molecule has 0 unspecified atom stereocenters.